The van der Waals surface area contributed by atoms with Crippen LogP contribution < -0.4 is 0 Å². The van der Waals surface area contributed by atoms with Crippen molar-refractivity contribution in [2.45, 2.75) is 0 Å². The molecule has 0 aliphatic rings. The topological polar surface area (TPSA) is 35.1 Å². The Kier molecular flexibility index (Phi) is 7.77. The molecule has 0 atom stereocenters. The minimum atomic E-state index is 0.915. The molecule has 0 aliphatic carbocycles. The average molecular weight is 691 g/mol. The lowest BCUT2D eigenvalue weighted by molar-refractivity contribution is 1.10. The van der Waals surface area contributed by atoms with Crippen molar-refractivity contribution in [3.05, 3.63) is 206 Å². The third kappa shape index (κ3) is 5.67. The third-order valence-electron chi connectivity index (χ3n) is 10.1. The molecule has 0 unspecified atom stereocenters. The van der Waals surface area contributed by atoms with Gasteiger partial charge < -0.3 is 0 Å². The van der Waals surface area contributed by atoms with Crippen LogP contribution in [0.3, 0.4) is 0 Å². The third-order valence-corrected chi connectivity index (χ3v) is 10.1. The zero-order chi connectivity index (χ0) is 35.8. The first-order valence-electron chi connectivity index (χ1n) is 18.2. The highest BCUT2D eigenvalue weighted by Gasteiger charge is 2.18. The molecular weight excluding hydrogens is 657 g/mol. The molecule has 0 spiro atoms. The number of para-hydroxylation sites is 3. The van der Waals surface area contributed by atoms with Crippen LogP contribution in [-0.4, -0.2) is 18.9 Å². The van der Waals surface area contributed by atoms with E-state index in [2.05, 4.69) is 203 Å². The van der Waals surface area contributed by atoms with Crippen molar-refractivity contribution in [2.24, 2.45) is 0 Å². The number of hydrogen-bond donors (Lipinski definition) is 0. The molecular formula is C50H34N4. The first-order chi connectivity index (χ1) is 26.8. The minimum Gasteiger partial charge on any atom is -0.299 e. The minimum absolute atomic E-state index is 0.915. The number of hydrogen-bond acceptors (Lipinski definition) is 2. The summed E-state index contributed by atoms with van der Waals surface area (Å²) in [5.74, 6) is 0.915. The van der Waals surface area contributed by atoms with Crippen molar-refractivity contribution >= 4 is 16.7 Å². The van der Waals surface area contributed by atoms with Crippen molar-refractivity contribution in [1.29, 1.82) is 0 Å². The fourth-order valence-electron chi connectivity index (χ4n) is 7.57. The van der Waals surface area contributed by atoms with Crippen LogP contribution in [-0.2, 0) is 0 Å². The molecule has 0 radical (unpaired) electrons. The second-order valence-electron chi connectivity index (χ2n) is 13.5. The molecule has 10 aromatic rings. The molecule has 0 fully saturated rings. The molecule has 0 aliphatic heterocycles. The molecule has 7 aromatic carbocycles. The zero-order valence-electron chi connectivity index (χ0n) is 29.4. The van der Waals surface area contributed by atoms with Gasteiger partial charge >= 0.3 is 0 Å². The monoisotopic (exact) mass is 690 g/mol. The van der Waals surface area contributed by atoms with E-state index in [1.165, 1.54) is 5.56 Å². The van der Waals surface area contributed by atoms with Gasteiger partial charge in [0.1, 0.15) is 11.5 Å². The summed E-state index contributed by atoms with van der Waals surface area (Å²) < 4.78 is 4.44. The highest BCUT2D eigenvalue weighted by molar-refractivity contribution is 5.88. The lowest BCUT2D eigenvalue weighted by Crippen LogP contribution is -1.97. The normalized spacial score (nSPS) is 11.3. The first kappa shape index (κ1) is 31.4. The van der Waals surface area contributed by atoms with E-state index in [9.17, 15) is 0 Å². The molecule has 0 bridgehead atoms. The Morgan fingerprint density at radius 2 is 0.870 bits per heavy atom. The van der Waals surface area contributed by atoms with Crippen molar-refractivity contribution < 1.29 is 0 Å². The van der Waals surface area contributed by atoms with Gasteiger partial charge in [-0.05, 0) is 100 Å². The van der Waals surface area contributed by atoms with E-state index < -0.39 is 0 Å². The summed E-state index contributed by atoms with van der Waals surface area (Å²) in [6, 6.07) is 70.7. The maximum Gasteiger partial charge on any atom is 0.145 e. The molecule has 10 rings (SSSR count). The van der Waals surface area contributed by atoms with Crippen LogP contribution in [0.25, 0.3) is 89.7 Å². The van der Waals surface area contributed by atoms with Crippen LogP contribution in [0.5, 0.6) is 0 Å². The van der Waals surface area contributed by atoms with E-state index in [-0.39, 0.29) is 0 Å². The summed E-state index contributed by atoms with van der Waals surface area (Å²) in [4.78, 5) is 10.3. The summed E-state index contributed by atoms with van der Waals surface area (Å²) in [5.41, 5.74) is 16.2. The summed E-state index contributed by atoms with van der Waals surface area (Å²) in [5, 5.41) is 0. The van der Waals surface area contributed by atoms with E-state index in [1.54, 1.807) is 0 Å². The molecule has 3 aromatic heterocycles. The van der Waals surface area contributed by atoms with Crippen LogP contribution in [0.15, 0.2) is 206 Å². The largest absolute Gasteiger partial charge is 0.299 e. The van der Waals surface area contributed by atoms with Gasteiger partial charge in [0.05, 0.1) is 22.4 Å². The number of pyridine rings is 1. The first-order valence-corrected chi connectivity index (χ1v) is 18.2. The molecule has 254 valence electrons. The predicted octanol–water partition coefficient (Wildman–Crippen LogP) is 12.7. The number of rotatable bonds is 7. The number of nitrogens with zero attached hydrogens (tertiary/aromatic N) is 4. The van der Waals surface area contributed by atoms with E-state index in [0.29, 0.717) is 0 Å². The standard InChI is InChI=1S/C50H34N4/c1-4-16-35(17-5-1)41-32-42(37-20-14-22-39(30-37)48-49(36-18-6-2-7-19-36)53-29-13-12-28-47(53)52-48)34-43(33-41)38-21-15-23-40(31-38)50-51-45-26-10-11-27-46(45)54(50)44-24-8-3-9-25-44/h1-34H. The summed E-state index contributed by atoms with van der Waals surface area (Å²) >= 11 is 0. The summed E-state index contributed by atoms with van der Waals surface area (Å²) in [7, 11) is 0. The van der Waals surface area contributed by atoms with Crippen molar-refractivity contribution in [3.8, 4) is 73.0 Å². The Morgan fingerprint density at radius 1 is 0.352 bits per heavy atom. The Morgan fingerprint density at radius 3 is 1.59 bits per heavy atom. The second-order valence-corrected chi connectivity index (χ2v) is 13.5. The van der Waals surface area contributed by atoms with Crippen LogP contribution in [0.4, 0.5) is 0 Å². The average Bonchev–Trinajstić information content (AvgIpc) is 3.84. The van der Waals surface area contributed by atoms with Crippen LogP contribution in [0, 0.1) is 0 Å². The van der Waals surface area contributed by atoms with Crippen molar-refractivity contribution in [3.63, 3.8) is 0 Å². The van der Waals surface area contributed by atoms with Gasteiger partial charge in [0.15, 0.2) is 0 Å². The molecule has 0 saturated heterocycles. The summed E-state index contributed by atoms with van der Waals surface area (Å²) in [6.45, 7) is 0. The lowest BCUT2D eigenvalue weighted by Gasteiger charge is -2.14. The SMILES string of the molecule is c1ccc(-c2cc(-c3cccc(-c4nc5ccccn5c4-c4ccccc4)c3)cc(-c3cccc(-c4nc5ccccc5n4-c4ccccc4)c3)c2)cc1. The zero-order valence-corrected chi connectivity index (χ0v) is 29.4. The van der Waals surface area contributed by atoms with Crippen molar-refractivity contribution in [1.82, 2.24) is 18.9 Å². The summed E-state index contributed by atoms with van der Waals surface area (Å²) in [6.07, 6.45) is 2.09. The number of fused-ring (bicyclic) bond motifs is 2. The molecule has 4 nitrogen and oxygen atoms in total. The Hall–Kier alpha value is -7.30. The highest BCUT2D eigenvalue weighted by Crippen LogP contribution is 2.38. The quantitative estimate of drug-likeness (QED) is 0.167. The maximum absolute atomic E-state index is 5.16. The molecule has 0 saturated carbocycles. The van der Waals surface area contributed by atoms with E-state index >= 15 is 0 Å². The van der Waals surface area contributed by atoms with Crippen LogP contribution in [0.2, 0.25) is 0 Å². The number of aromatic nitrogens is 4. The fraction of sp³-hybridized carbons (Fsp3) is 0. The second kappa shape index (κ2) is 13.4. The molecule has 0 amide bonds. The fourth-order valence-corrected chi connectivity index (χ4v) is 7.57. The van der Waals surface area contributed by atoms with Gasteiger partial charge in [-0.1, -0.05) is 133 Å². The number of imidazole rings is 2. The van der Waals surface area contributed by atoms with Crippen LogP contribution in [0.1, 0.15) is 0 Å². The van der Waals surface area contributed by atoms with Crippen molar-refractivity contribution in [2.75, 3.05) is 0 Å². The smallest absolute Gasteiger partial charge is 0.145 e. The van der Waals surface area contributed by atoms with E-state index in [4.69, 9.17) is 9.97 Å². The molecule has 3 heterocycles. The Bertz CT molecular complexity index is 2740. The van der Waals surface area contributed by atoms with Gasteiger partial charge in [-0.25, -0.2) is 9.97 Å². The molecule has 0 N–H and O–H groups in total. The van der Waals surface area contributed by atoms with Gasteiger partial charge in [-0.15, -0.1) is 0 Å². The van der Waals surface area contributed by atoms with Gasteiger partial charge in [0, 0.05) is 28.6 Å². The van der Waals surface area contributed by atoms with E-state index in [1.807, 2.05) is 12.1 Å². The van der Waals surface area contributed by atoms with Crippen LogP contribution >= 0.6 is 0 Å². The van der Waals surface area contributed by atoms with Gasteiger partial charge in [-0.2, -0.15) is 0 Å². The number of benzene rings is 7. The predicted molar refractivity (Wildman–Crippen MR) is 222 cm³/mol. The Labute approximate surface area is 313 Å². The van der Waals surface area contributed by atoms with E-state index in [0.717, 1.165) is 84.1 Å². The maximum atomic E-state index is 5.16. The highest BCUT2D eigenvalue weighted by atomic mass is 15.1. The Balaban J connectivity index is 1.12. The van der Waals surface area contributed by atoms with Gasteiger partial charge in [0.2, 0.25) is 0 Å². The lowest BCUT2D eigenvalue weighted by atomic mass is 9.92. The molecule has 54 heavy (non-hydrogen) atoms. The van der Waals surface area contributed by atoms with Gasteiger partial charge in [-0.3, -0.25) is 8.97 Å². The molecule has 4 heteroatoms. The van der Waals surface area contributed by atoms with Gasteiger partial charge in [0.25, 0.3) is 0 Å².